The predicted octanol–water partition coefficient (Wildman–Crippen LogP) is 3.53. The second-order valence-corrected chi connectivity index (χ2v) is 6.57. The van der Waals surface area contributed by atoms with Crippen LogP contribution in [0.4, 0.5) is 5.13 Å². The normalized spacial score (nSPS) is 10.4. The van der Waals surface area contributed by atoms with Crippen molar-refractivity contribution < 1.29 is 19.0 Å². The molecule has 1 heterocycles. The van der Waals surface area contributed by atoms with Crippen molar-refractivity contribution >= 4 is 38.3 Å². The van der Waals surface area contributed by atoms with Crippen LogP contribution in [0.2, 0.25) is 0 Å². The summed E-state index contributed by atoms with van der Waals surface area (Å²) in [5.41, 5.74) is 0.344. The molecule has 0 atom stereocenters. The van der Waals surface area contributed by atoms with E-state index in [1.165, 1.54) is 32.7 Å². The molecule has 130 valence electrons. The topological polar surface area (TPSA) is 82.6 Å². The quantitative estimate of drug-likeness (QED) is 0.744. The molecule has 24 heavy (non-hydrogen) atoms. The molecule has 0 aliphatic rings. The van der Waals surface area contributed by atoms with Gasteiger partial charge in [0.25, 0.3) is 5.91 Å². The third kappa shape index (κ3) is 3.78. The first-order chi connectivity index (χ1) is 11.5. The molecule has 0 saturated carbocycles. The Labute approximate surface area is 152 Å². The van der Waals surface area contributed by atoms with Crippen molar-refractivity contribution in [1.82, 2.24) is 10.2 Å². The zero-order valence-corrected chi connectivity index (χ0v) is 16.2. The highest BCUT2D eigenvalue weighted by molar-refractivity contribution is 9.10. The van der Waals surface area contributed by atoms with Gasteiger partial charge in [0.15, 0.2) is 11.5 Å². The summed E-state index contributed by atoms with van der Waals surface area (Å²) in [6.45, 7) is 2.06. The number of hydrogen-bond acceptors (Lipinski definition) is 7. The van der Waals surface area contributed by atoms with Crippen LogP contribution in [-0.4, -0.2) is 37.4 Å². The fraction of sp³-hybridized carbons (Fsp3) is 0.400. The first kappa shape index (κ1) is 18.5. The number of methoxy groups -OCH3 is 3. The summed E-state index contributed by atoms with van der Waals surface area (Å²) in [5, 5.41) is 12.1. The molecule has 0 saturated heterocycles. The van der Waals surface area contributed by atoms with Gasteiger partial charge >= 0.3 is 0 Å². The van der Waals surface area contributed by atoms with E-state index in [1.807, 2.05) is 0 Å². The average molecular weight is 416 g/mol. The Hall–Kier alpha value is -1.87. The number of aryl methyl sites for hydroxylation is 1. The molecule has 1 aromatic carbocycles. The van der Waals surface area contributed by atoms with E-state index >= 15 is 0 Å². The van der Waals surface area contributed by atoms with Gasteiger partial charge in [-0.25, -0.2) is 0 Å². The smallest absolute Gasteiger partial charge is 0.258 e. The molecule has 1 amide bonds. The van der Waals surface area contributed by atoms with Gasteiger partial charge in [0.2, 0.25) is 10.9 Å². The van der Waals surface area contributed by atoms with Crippen LogP contribution in [0.25, 0.3) is 0 Å². The van der Waals surface area contributed by atoms with Crippen LogP contribution >= 0.6 is 27.3 Å². The number of carbonyl (C=O) groups excluding carboxylic acids is 1. The van der Waals surface area contributed by atoms with E-state index in [9.17, 15) is 4.79 Å². The first-order valence-corrected chi connectivity index (χ1v) is 8.78. The molecule has 0 unspecified atom stereocenters. The van der Waals surface area contributed by atoms with Crippen molar-refractivity contribution in [2.24, 2.45) is 0 Å². The Balaban J connectivity index is 2.34. The Morgan fingerprint density at radius 1 is 1.21 bits per heavy atom. The second kappa shape index (κ2) is 8.29. The Morgan fingerprint density at radius 3 is 2.50 bits per heavy atom. The van der Waals surface area contributed by atoms with Gasteiger partial charge < -0.3 is 14.2 Å². The lowest BCUT2D eigenvalue weighted by molar-refractivity contribution is 0.102. The van der Waals surface area contributed by atoms with Gasteiger partial charge in [-0.3, -0.25) is 10.1 Å². The highest BCUT2D eigenvalue weighted by Crippen LogP contribution is 2.44. The highest BCUT2D eigenvalue weighted by Gasteiger charge is 2.23. The third-order valence-corrected chi connectivity index (χ3v) is 4.85. The highest BCUT2D eigenvalue weighted by atomic mass is 79.9. The molecular formula is C15H18BrN3O4S. The van der Waals surface area contributed by atoms with Gasteiger partial charge in [0.05, 0.1) is 31.4 Å². The fourth-order valence-electron chi connectivity index (χ4n) is 2.07. The van der Waals surface area contributed by atoms with Crippen molar-refractivity contribution in [3.63, 3.8) is 0 Å². The predicted molar refractivity (Wildman–Crippen MR) is 95.7 cm³/mol. The lowest BCUT2D eigenvalue weighted by atomic mass is 10.1. The van der Waals surface area contributed by atoms with Crippen molar-refractivity contribution in [3.8, 4) is 17.2 Å². The van der Waals surface area contributed by atoms with Crippen LogP contribution in [0.3, 0.4) is 0 Å². The number of ether oxygens (including phenoxy) is 3. The Kier molecular flexibility index (Phi) is 6.38. The van der Waals surface area contributed by atoms with Gasteiger partial charge in [-0.2, -0.15) is 0 Å². The summed E-state index contributed by atoms with van der Waals surface area (Å²) in [7, 11) is 4.49. The molecular weight excluding hydrogens is 398 g/mol. The van der Waals surface area contributed by atoms with Crippen LogP contribution in [0.1, 0.15) is 28.7 Å². The van der Waals surface area contributed by atoms with Crippen molar-refractivity contribution in [1.29, 1.82) is 0 Å². The largest absolute Gasteiger partial charge is 0.493 e. The molecule has 0 aliphatic carbocycles. The van der Waals surface area contributed by atoms with Gasteiger partial charge in [-0.05, 0) is 28.4 Å². The Bertz CT molecular complexity index is 736. The van der Waals surface area contributed by atoms with Gasteiger partial charge in [-0.1, -0.05) is 18.3 Å². The van der Waals surface area contributed by atoms with E-state index in [0.717, 1.165) is 17.8 Å². The standard InChI is InChI=1S/C15H18BrN3O4S/c1-5-6-10-18-19-15(24-10)17-14(20)8-7-9(21-2)12(22-3)13(23-4)11(8)16/h7H,5-6H2,1-4H3,(H,17,19,20). The van der Waals surface area contributed by atoms with Crippen LogP contribution in [0.5, 0.6) is 17.2 Å². The summed E-state index contributed by atoms with van der Waals surface area (Å²) in [5.74, 6) is 0.836. The number of hydrogen-bond donors (Lipinski definition) is 1. The summed E-state index contributed by atoms with van der Waals surface area (Å²) < 4.78 is 16.4. The summed E-state index contributed by atoms with van der Waals surface area (Å²) in [4.78, 5) is 12.6. The average Bonchev–Trinajstić information content (AvgIpc) is 3.01. The van der Waals surface area contributed by atoms with E-state index < -0.39 is 0 Å². The molecule has 0 spiro atoms. The van der Waals surface area contributed by atoms with Crippen LogP contribution in [0.15, 0.2) is 10.5 Å². The minimum atomic E-state index is -0.347. The minimum Gasteiger partial charge on any atom is -0.493 e. The molecule has 7 nitrogen and oxygen atoms in total. The van der Waals surface area contributed by atoms with Crippen LogP contribution < -0.4 is 19.5 Å². The third-order valence-electron chi connectivity index (χ3n) is 3.17. The molecule has 9 heteroatoms. The number of nitrogens with one attached hydrogen (secondary N) is 1. The summed E-state index contributed by atoms with van der Waals surface area (Å²) in [6, 6.07) is 1.58. The zero-order chi connectivity index (χ0) is 17.7. The van der Waals surface area contributed by atoms with E-state index in [1.54, 1.807) is 6.07 Å². The minimum absolute atomic E-state index is 0.344. The number of benzene rings is 1. The van der Waals surface area contributed by atoms with Crippen molar-refractivity contribution in [2.75, 3.05) is 26.6 Å². The van der Waals surface area contributed by atoms with E-state index in [0.29, 0.717) is 32.4 Å². The fourth-order valence-corrected chi connectivity index (χ4v) is 3.54. The molecule has 0 bridgehead atoms. The molecule has 2 aromatic rings. The number of halogens is 1. The van der Waals surface area contributed by atoms with Crippen molar-refractivity contribution in [3.05, 3.63) is 21.1 Å². The lowest BCUT2D eigenvalue weighted by Gasteiger charge is -2.16. The lowest BCUT2D eigenvalue weighted by Crippen LogP contribution is -2.13. The molecule has 2 rings (SSSR count). The number of anilines is 1. The van der Waals surface area contributed by atoms with E-state index in [-0.39, 0.29) is 5.91 Å². The van der Waals surface area contributed by atoms with E-state index in [4.69, 9.17) is 14.2 Å². The number of rotatable bonds is 7. The van der Waals surface area contributed by atoms with Gasteiger partial charge in [0.1, 0.15) is 5.01 Å². The number of carbonyl (C=O) groups is 1. The van der Waals surface area contributed by atoms with Gasteiger partial charge in [0, 0.05) is 6.42 Å². The summed E-state index contributed by atoms with van der Waals surface area (Å²) >= 11 is 4.74. The van der Waals surface area contributed by atoms with Crippen LogP contribution in [0, 0.1) is 0 Å². The molecule has 0 radical (unpaired) electrons. The number of aromatic nitrogens is 2. The maximum absolute atomic E-state index is 12.6. The van der Waals surface area contributed by atoms with Crippen LogP contribution in [-0.2, 0) is 6.42 Å². The SMILES string of the molecule is CCCc1nnc(NC(=O)c2cc(OC)c(OC)c(OC)c2Br)s1. The summed E-state index contributed by atoms with van der Waals surface area (Å²) in [6.07, 6.45) is 1.81. The van der Waals surface area contributed by atoms with Gasteiger partial charge in [-0.15, -0.1) is 10.2 Å². The molecule has 0 aliphatic heterocycles. The monoisotopic (exact) mass is 415 g/mol. The number of nitrogens with zero attached hydrogens (tertiary/aromatic N) is 2. The molecule has 0 fully saturated rings. The molecule has 1 aromatic heterocycles. The second-order valence-electron chi connectivity index (χ2n) is 4.71. The maximum atomic E-state index is 12.6. The first-order valence-electron chi connectivity index (χ1n) is 7.17. The molecule has 1 N–H and O–H groups in total. The Morgan fingerprint density at radius 2 is 1.92 bits per heavy atom. The zero-order valence-electron chi connectivity index (χ0n) is 13.8. The van der Waals surface area contributed by atoms with E-state index in [2.05, 4.69) is 38.4 Å². The number of amides is 1. The van der Waals surface area contributed by atoms with Crippen molar-refractivity contribution in [2.45, 2.75) is 19.8 Å². The maximum Gasteiger partial charge on any atom is 0.258 e.